The molecule has 1 aromatic rings. The Labute approximate surface area is 102 Å². The van der Waals surface area contributed by atoms with Gasteiger partial charge < -0.3 is 4.74 Å². The van der Waals surface area contributed by atoms with Crippen molar-refractivity contribution in [2.24, 2.45) is 5.84 Å². The number of hydrogen-bond acceptors (Lipinski definition) is 4. The Morgan fingerprint density at radius 1 is 1.47 bits per heavy atom. The molecule has 0 aliphatic carbocycles. The number of rotatable bonds is 6. The fourth-order valence-corrected chi connectivity index (χ4v) is 2.31. The lowest BCUT2D eigenvalue weighted by Gasteiger charge is -2.14. The normalized spacial score (nSPS) is 13.9. The number of hydrogen-bond donors (Lipinski definition) is 2. The van der Waals surface area contributed by atoms with Crippen LogP contribution in [0.25, 0.3) is 0 Å². The number of halogens is 3. The van der Waals surface area contributed by atoms with Crippen molar-refractivity contribution in [3.63, 3.8) is 0 Å². The van der Waals surface area contributed by atoms with E-state index in [-0.39, 0.29) is 12.6 Å². The topological polar surface area (TPSA) is 47.3 Å². The highest BCUT2D eigenvalue weighted by Gasteiger charge is 2.27. The molecule has 7 heteroatoms. The van der Waals surface area contributed by atoms with Crippen LogP contribution < -0.4 is 11.3 Å². The fourth-order valence-electron chi connectivity index (χ4n) is 1.34. The molecule has 0 aliphatic heterocycles. The van der Waals surface area contributed by atoms with Crippen LogP contribution in [0, 0.1) is 6.92 Å². The highest BCUT2D eigenvalue weighted by Crippen LogP contribution is 2.24. The quantitative estimate of drug-likeness (QED) is 0.473. The molecule has 1 rings (SSSR count). The molecule has 17 heavy (non-hydrogen) atoms. The summed E-state index contributed by atoms with van der Waals surface area (Å²) in [4.78, 5) is 2.14. The average molecular weight is 268 g/mol. The lowest BCUT2D eigenvalue weighted by molar-refractivity contribution is -0.174. The number of ether oxygens (including phenoxy) is 1. The van der Waals surface area contributed by atoms with E-state index in [0.29, 0.717) is 6.42 Å². The number of aryl methyl sites for hydroxylation is 1. The van der Waals surface area contributed by atoms with Gasteiger partial charge in [0.15, 0.2) is 0 Å². The van der Waals surface area contributed by atoms with Gasteiger partial charge in [-0.2, -0.15) is 13.2 Å². The zero-order valence-electron chi connectivity index (χ0n) is 9.38. The summed E-state index contributed by atoms with van der Waals surface area (Å²) >= 11 is 1.56. The number of nitrogens with two attached hydrogens (primary N) is 1. The Morgan fingerprint density at radius 3 is 2.65 bits per heavy atom. The molecule has 0 spiro atoms. The van der Waals surface area contributed by atoms with Gasteiger partial charge in [0.1, 0.15) is 6.61 Å². The minimum absolute atomic E-state index is 0.0192. The molecular formula is C10H15F3N2OS. The summed E-state index contributed by atoms with van der Waals surface area (Å²) in [5.74, 6) is 5.36. The van der Waals surface area contributed by atoms with Gasteiger partial charge in [0, 0.05) is 16.4 Å². The summed E-state index contributed by atoms with van der Waals surface area (Å²) in [6, 6.07) is 3.69. The first-order chi connectivity index (χ1) is 7.92. The molecule has 0 bridgehead atoms. The van der Waals surface area contributed by atoms with Crippen LogP contribution in [0.4, 0.5) is 13.2 Å². The van der Waals surface area contributed by atoms with Crippen LogP contribution >= 0.6 is 11.3 Å². The predicted octanol–water partition coefficient (Wildman–Crippen LogP) is 2.53. The molecule has 1 unspecified atom stereocenters. The summed E-state index contributed by atoms with van der Waals surface area (Å²) in [5, 5.41) is 0. The van der Waals surface area contributed by atoms with Crippen LogP contribution in [0.5, 0.6) is 0 Å². The molecule has 1 heterocycles. The Morgan fingerprint density at radius 2 is 2.18 bits per heavy atom. The summed E-state index contributed by atoms with van der Waals surface area (Å²) in [5.41, 5.74) is 2.58. The summed E-state index contributed by atoms with van der Waals surface area (Å²) < 4.78 is 40.0. The second kappa shape index (κ2) is 6.34. The third-order valence-corrected chi connectivity index (χ3v) is 3.24. The number of nitrogens with one attached hydrogen (secondary N) is 1. The van der Waals surface area contributed by atoms with Crippen molar-refractivity contribution < 1.29 is 17.9 Å². The molecule has 3 N–H and O–H groups in total. The molecule has 1 aromatic heterocycles. The second-order valence-corrected chi connectivity index (χ2v) is 4.94. The summed E-state index contributed by atoms with van der Waals surface area (Å²) in [6.07, 6.45) is -3.86. The Bertz CT molecular complexity index is 341. The Kier molecular flexibility index (Phi) is 5.38. The first-order valence-corrected chi connectivity index (χ1v) is 5.91. The maximum absolute atomic E-state index is 11.8. The van der Waals surface area contributed by atoms with Gasteiger partial charge in [-0.05, 0) is 25.5 Å². The van der Waals surface area contributed by atoms with Crippen molar-refractivity contribution in [3.05, 3.63) is 21.9 Å². The van der Waals surface area contributed by atoms with Gasteiger partial charge in [0.25, 0.3) is 0 Å². The molecule has 1 atom stereocenters. The smallest absolute Gasteiger partial charge is 0.372 e. The second-order valence-electron chi connectivity index (χ2n) is 3.62. The monoisotopic (exact) mass is 268 g/mol. The van der Waals surface area contributed by atoms with E-state index in [9.17, 15) is 13.2 Å². The largest absolute Gasteiger partial charge is 0.411 e. The van der Waals surface area contributed by atoms with E-state index in [0.717, 1.165) is 9.75 Å². The molecule has 0 aromatic carbocycles. The zero-order valence-corrected chi connectivity index (χ0v) is 10.2. The Hall–Kier alpha value is -0.630. The number of thiophene rings is 1. The lowest BCUT2D eigenvalue weighted by Crippen LogP contribution is -2.29. The van der Waals surface area contributed by atoms with E-state index < -0.39 is 12.8 Å². The third kappa shape index (κ3) is 5.49. The van der Waals surface area contributed by atoms with E-state index in [1.165, 1.54) is 0 Å². The van der Waals surface area contributed by atoms with Crippen molar-refractivity contribution >= 4 is 11.3 Å². The van der Waals surface area contributed by atoms with E-state index in [4.69, 9.17) is 5.84 Å². The molecule has 0 saturated carbocycles. The van der Waals surface area contributed by atoms with Crippen molar-refractivity contribution in [3.8, 4) is 0 Å². The molecule has 0 radical (unpaired) electrons. The molecule has 0 fully saturated rings. The first-order valence-electron chi connectivity index (χ1n) is 5.09. The zero-order chi connectivity index (χ0) is 12.9. The minimum atomic E-state index is -4.27. The maximum atomic E-state index is 11.8. The molecule has 0 saturated heterocycles. The summed E-state index contributed by atoms with van der Waals surface area (Å²) in [7, 11) is 0. The molecule has 0 aliphatic rings. The third-order valence-electron chi connectivity index (χ3n) is 2.12. The molecule has 0 amide bonds. The van der Waals surface area contributed by atoms with Crippen LogP contribution in [0.15, 0.2) is 12.1 Å². The minimum Gasteiger partial charge on any atom is -0.372 e. The SMILES string of the molecule is Cc1ccc(C(CCOCC(F)(F)F)NN)s1. The van der Waals surface area contributed by atoms with Crippen LogP contribution in [0.2, 0.25) is 0 Å². The van der Waals surface area contributed by atoms with E-state index in [1.54, 1.807) is 11.3 Å². The van der Waals surface area contributed by atoms with Gasteiger partial charge in [0.2, 0.25) is 0 Å². The predicted molar refractivity (Wildman–Crippen MR) is 60.6 cm³/mol. The Balaban J connectivity index is 2.33. The van der Waals surface area contributed by atoms with Crippen LogP contribution in [0.1, 0.15) is 22.2 Å². The first kappa shape index (κ1) is 14.4. The molecular weight excluding hydrogens is 253 g/mol. The molecule has 3 nitrogen and oxygen atoms in total. The van der Waals surface area contributed by atoms with Crippen molar-refractivity contribution in [2.75, 3.05) is 13.2 Å². The van der Waals surface area contributed by atoms with Crippen molar-refractivity contribution in [2.45, 2.75) is 25.6 Å². The van der Waals surface area contributed by atoms with E-state index in [2.05, 4.69) is 10.2 Å². The van der Waals surface area contributed by atoms with Gasteiger partial charge in [0.05, 0.1) is 6.04 Å². The maximum Gasteiger partial charge on any atom is 0.411 e. The van der Waals surface area contributed by atoms with Gasteiger partial charge in [-0.15, -0.1) is 11.3 Å². The van der Waals surface area contributed by atoms with Gasteiger partial charge in [-0.3, -0.25) is 11.3 Å². The highest BCUT2D eigenvalue weighted by molar-refractivity contribution is 7.12. The van der Waals surface area contributed by atoms with E-state index in [1.807, 2.05) is 19.1 Å². The summed E-state index contributed by atoms with van der Waals surface area (Å²) in [6.45, 7) is 0.765. The van der Waals surface area contributed by atoms with Crippen molar-refractivity contribution in [1.29, 1.82) is 0 Å². The average Bonchev–Trinajstić information content (AvgIpc) is 2.63. The van der Waals surface area contributed by atoms with Crippen LogP contribution in [-0.4, -0.2) is 19.4 Å². The van der Waals surface area contributed by atoms with Gasteiger partial charge >= 0.3 is 6.18 Å². The lowest BCUT2D eigenvalue weighted by atomic mass is 10.2. The van der Waals surface area contributed by atoms with Crippen LogP contribution in [-0.2, 0) is 4.74 Å². The number of hydrazine groups is 1. The fraction of sp³-hybridized carbons (Fsp3) is 0.600. The van der Waals surface area contributed by atoms with Gasteiger partial charge in [-0.1, -0.05) is 0 Å². The van der Waals surface area contributed by atoms with Crippen molar-refractivity contribution in [1.82, 2.24) is 5.43 Å². The van der Waals surface area contributed by atoms with Gasteiger partial charge in [-0.25, -0.2) is 0 Å². The number of alkyl halides is 3. The molecule has 98 valence electrons. The van der Waals surface area contributed by atoms with E-state index >= 15 is 0 Å². The van der Waals surface area contributed by atoms with Crippen LogP contribution in [0.3, 0.4) is 0 Å². The standard InChI is InChI=1S/C10H15F3N2OS/c1-7-2-3-9(17-7)8(15-14)4-5-16-6-10(11,12)13/h2-3,8,15H,4-6,14H2,1H3. The highest BCUT2D eigenvalue weighted by atomic mass is 32.1.